The van der Waals surface area contributed by atoms with Gasteiger partial charge in [-0.15, -0.1) is 11.3 Å². The predicted molar refractivity (Wildman–Crippen MR) is 109 cm³/mol. The first-order valence-corrected chi connectivity index (χ1v) is 9.57. The molecule has 9 heteroatoms. The summed E-state index contributed by atoms with van der Waals surface area (Å²) in [7, 11) is 0. The van der Waals surface area contributed by atoms with Crippen LogP contribution in [0.25, 0.3) is 11.3 Å². The second-order valence-corrected chi connectivity index (χ2v) is 7.65. The Morgan fingerprint density at radius 1 is 1.21 bits per heavy atom. The summed E-state index contributed by atoms with van der Waals surface area (Å²) in [5.41, 5.74) is 5.93. The first-order chi connectivity index (χ1) is 13.2. The molecule has 0 spiro atoms. The van der Waals surface area contributed by atoms with Crippen LogP contribution in [0, 0.1) is 44.7 Å². The van der Waals surface area contributed by atoms with Gasteiger partial charge in [0, 0.05) is 10.9 Å². The van der Waals surface area contributed by atoms with Gasteiger partial charge in [0.25, 0.3) is 0 Å². The average Bonchev–Trinajstić information content (AvgIpc) is 3.11. The van der Waals surface area contributed by atoms with Crippen LogP contribution < -0.4 is 5.32 Å². The highest BCUT2D eigenvalue weighted by Crippen LogP contribution is 2.31. The van der Waals surface area contributed by atoms with Crippen molar-refractivity contribution in [3.05, 3.63) is 55.7 Å². The second-order valence-electron chi connectivity index (χ2n) is 6.79. The number of hydrogen-bond acceptors (Lipinski definition) is 6. The van der Waals surface area contributed by atoms with Crippen LogP contribution in [-0.2, 0) is 11.3 Å². The lowest BCUT2D eigenvalue weighted by atomic mass is 9.98. The Hall–Kier alpha value is -3.07. The smallest absolute Gasteiger partial charge is 0.300 e. The molecule has 3 rings (SSSR count). The molecule has 0 aliphatic heterocycles. The first kappa shape index (κ1) is 19.7. The van der Waals surface area contributed by atoms with Crippen molar-refractivity contribution in [2.75, 3.05) is 5.32 Å². The van der Waals surface area contributed by atoms with Gasteiger partial charge in [-0.1, -0.05) is 17.7 Å². The van der Waals surface area contributed by atoms with Crippen LogP contribution in [0.5, 0.6) is 0 Å². The molecule has 2 heterocycles. The van der Waals surface area contributed by atoms with Gasteiger partial charge in [-0.2, -0.15) is 5.10 Å². The number of anilines is 1. The van der Waals surface area contributed by atoms with Crippen LogP contribution >= 0.6 is 11.3 Å². The monoisotopic (exact) mass is 399 g/mol. The van der Waals surface area contributed by atoms with Crippen molar-refractivity contribution in [3.8, 4) is 11.3 Å². The molecule has 1 aromatic carbocycles. The predicted octanol–water partition coefficient (Wildman–Crippen LogP) is 4.10. The Balaban J connectivity index is 1.77. The summed E-state index contributed by atoms with van der Waals surface area (Å²) in [5.74, 6) is -0.334. The zero-order chi connectivity index (χ0) is 20.6. The Labute approximate surface area is 166 Å². The van der Waals surface area contributed by atoms with Crippen molar-refractivity contribution >= 4 is 28.1 Å². The number of rotatable bonds is 5. The van der Waals surface area contributed by atoms with Crippen molar-refractivity contribution in [2.24, 2.45) is 0 Å². The Morgan fingerprint density at radius 3 is 2.43 bits per heavy atom. The van der Waals surface area contributed by atoms with Crippen LogP contribution in [0.4, 0.5) is 10.8 Å². The van der Waals surface area contributed by atoms with E-state index in [0.717, 1.165) is 22.4 Å². The largest absolute Gasteiger partial charge is 0.312 e. The molecule has 1 N–H and O–H groups in total. The van der Waals surface area contributed by atoms with E-state index in [0.29, 0.717) is 10.8 Å². The van der Waals surface area contributed by atoms with Crippen molar-refractivity contribution in [3.63, 3.8) is 0 Å². The van der Waals surface area contributed by atoms with E-state index in [1.54, 1.807) is 13.8 Å². The summed E-state index contributed by atoms with van der Waals surface area (Å²) >= 11 is 1.34. The molecule has 146 valence electrons. The molecule has 2 aromatic heterocycles. The number of nitro groups is 1. The number of nitrogens with one attached hydrogen (secondary N) is 1. The first-order valence-electron chi connectivity index (χ1n) is 8.69. The highest BCUT2D eigenvalue weighted by molar-refractivity contribution is 7.14. The topological polar surface area (TPSA) is 103 Å². The standard InChI is InChI=1S/C19H21N5O3S/c1-10-6-11(2)17(12(3)7-10)15-9-28-19(20-15)21-16(25)8-23-14(5)18(24(26)27)13(4)22-23/h6-7,9H,8H2,1-5H3,(H,20,21,25). The third-order valence-electron chi connectivity index (χ3n) is 4.50. The van der Waals surface area contributed by atoms with Crippen molar-refractivity contribution in [1.29, 1.82) is 0 Å². The van der Waals surface area contributed by atoms with Crippen LogP contribution in [0.3, 0.4) is 0 Å². The quantitative estimate of drug-likeness (QED) is 0.514. The van der Waals surface area contributed by atoms with Crippen molar-refractivity contribution < 1.29 is 9.72 Å². The molecular weight excluding hydrogens is 378 g/mol. The summed E-state index contributed by atoms with van der Waals surface area (Å²) in [6.45, 7) is 9.16. The number of aromatic nitrogens is 3. The van der Waals surface area contributed by atoms with E-state index >= 15 is 0 Å². The number of hydrogen-bond donors (Lipinski definition) is 1. The molecule has 0 atom stereocenters. The molecule has 3 aromatic rings. The minimum atomic E-state index is -0.481. The fraction of sp³-hybridized carbons (Fsp3) is 0.316. The summed E-state index contributed by atoms with van der Waals surface area (Å²) in [4.78, 5) is 27.5. The second kappa shape index (κ2) is 7.51. The van der Waals surface area contributed by atoms with Crippen LogP contribution in [0.15, 0.2) is 17.5 Å². The molecule has 1 amide bonds. The van der Waals surface area contributed by atoms with Crippen LogP contribution in [-0.4, -0.2) is 25.6 Å². The van der Waals surface area contributed by atoms with E-state index in [9.17, 15) is 14.9 Å². The molecule has 8 nitrogen and oxygen atoms in total. The van der Waals surface area contributed by atoms with Gasteiger partial charge in [0.1, 0.15) is 17.9 Å². The number of benzene rings is 1. The van der Waals surface area contributed by atoms with E-state index < -0.39 is 4.92 Å². The van der Waals surface area contributed by atoms with Gasteiger partial charge in [-0.05, 0) is 45.7 Å². The minimum absolute atomic E-state index is 0.0605. The average molecular weight is 399 g/mol. The number of carbonyl (C=O) groups excluding carboxylic acids is 1. The fourth-order valence-corrected chi connectivity index (χ4v) is 4.15. The molecule has 28 heavy (non-hydrogen) atoms. The van der Waals surface area contributed by atoms with E-state index in [2.05, 4.69) is 34.5 Å². The van der Waals surface area contributed by atoms with Crippen molar-refractivity contribution in [2.45, 2.75) is 41.2 Å². The third-order valence-corrected chi connectivity index (χ3v) is 5.26. The van der Waals surface area contributed by atoms with Gasteiger partial charge in [0.05, 0.1) is 10.6 Å². The fourth-order valence-electron chi connectivity index (χ4n) is 3.43. The Bertz CT molecular complexity index is 1060. The molecular formula is C19H21N5O3S. The number of thiazole rings is 1. The lowest BCUT2D eigenvalue weighted by molar-refractivity contribution is -0.386. The molecule has 0 saturated heterocycles. The molecule has 0 unspecified atom stereocenters. The van der Waals surface area contributed by atoms with Gasteiger partial charge in [-0.25, -0.2) is 4.98 Å². The normalized spacial score (nSPS) is 10.9. The Kier molecular flexibility index (Phi) is 5.28. The van der Waals surface area contributed by atoms with Gasteiger partial charge < -0.3 is 5.32 Å². The minimum Gasteiger partial charge on any atom is -0.300 e. The molecule has 0 bridgehead atoms. The SMILES string of the molecule is Cc1cc(C)c(-c2csc(NC(=O)Cn3nc(C)c([N+](=O)[O-])c3C)n2)c(C)c1. The number of amides is 1. The van der Waals surface area contributed by atoms with Gasteiger partial charge >= 0.3 is 5.69 Å². The number of aryl methyl sites for hydroxylation is 4. The molecule has 0 saturated carbocycles. The number of nitrogens with zero attached hydrogens (tertiary/aromatic N) is 4. The number of carbonyl (C=O) groups is 1. The van der Waals surface area contributed by atoms with Crippen LogP contribution in [0.1, 0.15) is 28.1 Å². The highest BCUT2D eigenvalue weighted by atomic mass is 32.1. The molecule has 0 aliphatic carbocycles. The molecule has 0 aliphatic rings. The molecule has 0 radical (unpaired) electrons. The van der Waals surface area contributed by atoms with E-state index in [4.69, 9.17) is 0 Å². The zero-order valence-electron chi connectivity index (χ0n) is 16.4. The summed E-state index contributed by atoms with van der Waals surface area (Å²) in [6, 6.07) is 4.21. The lowest BCUT2D eigenvalue weighted by Gasteiger charge is -2.08. The zero-order valence-corrected chi connectivity index (χ0v) is 17.2. The van der Waals surface area contributed by atoms with E-state index in [-0.39, 0.29) is 23.8 Å². The summed E-state index contributed by atoms with van der Waals surface area (Å²) < 4.78 is 1.34. The molecule has 0 fully saturated rings. The Morgan fingerprint density at radius 2 is 1.86 bits per heavy atom. The van der Waals surface area contributed by atoms with E-state index in [1.807, 2.05) is 19.2 Å². The lowest BCUT2D eigenvalue weighted by Crippen LogP contribution is -2.20. The van der Waals surface area contributed by atoms with E-state index in [1.165, 1.54) is 21.6 Å². The summed E-state index contributed by atoms with van der Waals surface area (Å²) in [5, 5.41) is 20.3. The van der Waals surface area contributed by atoms with Crippen LogP contribution in [0.2, 0.25) is 0 Å². The van der Waals surface area contributed by atoms with Gasteiger partial charge in [0.2, 0.25) is 5.91 Å². The summed E-state index contributed by atoms with van der Waals surface area (Å²) in [6.07, 6.45) is 0. The maximum Gasteiger partial charge on any atom is 0.312 e. The maximum atomic E-state index is 12.4. The third kappa shape index (κ3) is 3.79. The van der Waals surface area contributed by atoms with Gasteiger partial charge in [0.15, 0.2) is 5.13 Å². The van der Waals surface area contributed by atoms with Gasteiger partial charge in [-0.3, -0.25) is 19.6 Å². The maximum absolute atomic E-state index is 12.4. The highest BCUT2D eigenvalue weighted by Gasteiger charge is 2.23. The van der Waals surface area contributed by atoms with Crippen molar-refractivity contribution in [1.82, 2.24) is 14.8 Å².